The molecule has 1 saturated heterocycles. The first-order chi connectivity index (χ1) is 13.6. The highest BCUT2D eigenvalue weighted by Crippen LogP contribution is 2.21. The van der Waals surface area contributed by atoms with Crippen LogP contribution in [0.2, 0.25) is 0 Å². The number of rotatable bonds is 3. The standard InChI is InChI=1S/C19H15N5O4/c1-11-6-16(24-19(22-11)20-10-21-24)27-13-8-23(9-13)17(25)14-7-12-4-2-3-5-15(12)28-18(14)26/h2-7,10,13H,8-9H2,1H3. The van der Waals surface area contributed by atoms with Crippen LogP contribution in [-0.2, 0) is 0 Å². The van der Waals surface area contributed by atoms with Crippen molar-refractivity contribution in [2.75, 3.05) is 13.1 Å². The van der Waals surface area contributed by atoms with E-state index in [0.29, 0.717) is 35.7 Å². The highest BCUT2D eigenvalue weighted by molar-refractivity contribution is 5.97. The van der Waals surface area contributed by atoms with Crippen LogP contribution in [0.5, 0.6) is 5.88 Å². The number of amides is 1. The molecule has 140 valence electrons. The number of aromatic nitrogens is 4. The van der Waals surface area contributed by atoms with E-state index < -0.39 is 5.63 Å². The molecule has 1 amide bonds. The Morgan fingerprint density at radius 2 is 2.07 bits per heavy atom. The van der Waals surface area contributed by atoms with Crippen LogP contribution < -0.4 is 10.4 Å². The van der Waals surface area contributed by atoms with E-state index >= 15 is 0 Å². The third-order valence-electron chi connectivity index (χ3n) is 4.64. The van der Waals surface area contributed by atoms with Crippen LogP contribution in [0, 0.1) is 6.92 Å². The van der Waals surface area contributed by atoms with E-state index in [-0.39, 0.29) is 17.6 Å². The summed E-state index contributed by atoms with van der Waals surface area (Å²) in [6.07, 6.45) is 1.20. The first-order valence-electron chi connectivity index (χ1n) is 8.75. The van der Waals surface area contributed by atoms with E-state index in [2.05, 4.69) is 15.1 Å². The number of fused-ring (bicyclic) bond motifs is 2. The van der Waals surface area contributed by atoms with Crippen molar-refractivity contribution in [3.63, 3.8) is 0 Å². The average molecular weight is 377 g/mol. The molecule has 28 heavy (non-hydrogen) atoms. The summed E-state index contributed by atoms with van der Waals surface area (Å²) in [5, 5.41) is 4.81. The van der Waals surface area contributed by atoms with Crippen LogP contribution in [-0.4, -0.2) is 49.6 Å². The number of ether oxygens (including phenoxy) is 1. The monoisotopic (exact) mass is 377 g/mol. The Labute approximate surface area is 158 Å². The van der Waals surface area contributed by atoms with Gasteiger partial charge in [-0.1, -0.05) is 18.2 Å². The minimum Gasteiger partial charge on any atom is -0.470 e. The molecule has 3 aromatic heterocycles. The van der Waals surface area contributed by atoms with Gasteiger partial charge >= 0.3 is 5.63 Å². The molecule has 0 N–H and O–H groups in total. The first-order valence-corrected chi connectivity index (χ1v) is 8.75. The molecule has 0 spiro atoms. The number of hydrogen-bond acceptors (Lipinski definition) is 7. The van der Waals surface area contributed by atoms with Gasteiger partial charge in [0, 0.05) is 17.1 Å². The minimum atomic E-state index is -0.637. The van der Waals surface area contributed by atoms with Gasteiger partial charge in [0.25, 0.3) is 11.7 Å². The lowest BCUT2D eigenvalue weighted by atomic mass is 10.1. The number of carbonyl (C=O) groups is 1. The van der Waals surface area contributed by atoms with E-state index in [4.69, 9.17) is 9.15 Å². The molecule has 0 radical (unpaired) electrons. The van der Waals surface area contributed by atoms with Gasteiger partial charge in [0.15, 0.2) is 0 Å². The minimum absolute atomic E-state index is 0.0237. The Bertz CT molecular complexity index is 1270. The van der Waals surface area contributed by atoms with Gasteiger partial charge in [-0.2, -0.15) is 14.6 Å². The Morgan fingerprint density at radius 3 is 2.93 bits per heavy atom. The van der Waals surface area contributed by atoms with Gasteiger partial charge in [-0.15, -0.1) is 0 Å². The first kappa shape index (κ1) is 16.4. The number of hydrogen-bond donors (Lipinski definition) is 0. The van der Waals surface area contributed by atoms with Gasteiger partial charge in [-0.05, 0) is 19.1 Å². The van der Waals surface area contributed by atoms with Crippen molar-refractivity contribution in [1.29, 1.82) is 0 Å². The summed E-state index contributed by atoms with van der Waals surface area (Å²) in [5.41, 5.74) is 0.605. The van der Waals surface area contributed by atoms with Gasteiger partial charge in [0.1, 0.15) is 23.6 Å². The van der Waals surface area contributed by atoms with E-state index in [0.717, 1.165) is 5.69 Å². The summed E-state index contributed by atoms with van der Waals surface area (Å²) in [6, 6.07) is 10.4. The molecule has 9 heteroatoms. The van der Waals surface area contributed by atoms with Crippen LogP contribution in [0.15, 0.2) is 51.9 Å². The summed E-state index contributed by atoms with van der Waals surface area (Å²) >= 11 is 0. The SMILES string of the molecule is Cc1cc(OC2CN(C(=O)c3cc4ccccc4oc3=O)C2)n2ncnc2n1. The van der Waals surface area contributed by atoms with Crippen molar-refractivity contribution in [2.24, 2.45) is 0 Å². The normalized spacial score (nSPS) is 14.4. The Hall–Kier alpha value is -3.75. The molecule has 1 fully saturated rings. The molecule has 4 heterocycles. The van der Waals surface area contributed by atoms with Crippen molar-refractivity contribution in [3.05, 3.63) is 64.4 Å². The largest absolute Gasteiger partial charge is 0.470 e. The summed E-state index contributed by atoms with van der Waals surface area (Å²) in [6.45, 7) is 2.57. The number of nitrogens with zero attached hydrogens (tertiary/aromatic N) is 5. The molecule has 1 aliphatic heterocycles. The third kappa shape index (κ3) is 2.68. The molecular weight excluding hydrogens is 362 g/mol. The molecule has 0 bridgehead atoms. The van der Waals surface area contributed by atoms with Crippen LogP contribution in [0.3, 0.4) is 0 Å². The maximum Gasteiger partial charge on any atom is 0.349 e. The Kier molecular flexibility index (Phi) is 3.61. The molecule has 0 atom stereocenters. The molecule has 1 aliphatic rings. The highest BCUT2D eigenvalue weighted by atomic mass is 16.5. The number of likely N-dealkylation sites (tertiary alicyclic amines) is 1. The van der Waals surface area contributed by atoms with Crippen LogP contribution in [0.25, 0.3) is 16.7 Å². The van der Waals surface area contributed by atoms with E-state index in [9.17, 15) is 9.59 Å². The van der Waals surface area contributed by atoms with Crippen molar-refractivity contribution in [2.45, 2.75) is 13.0 Å². The van der Waals surface area contributed by atoms with Gasteiger partial charge in [-0.25, -0.2) is 9.78 Å². The maximum atomic E-state index is 12.7. The van der Waals surface area contributed by atoms with Gasteiger partial charge in [0.05, 0.1) is 13.1 Å². The van der Waals surface area contributed by atoms with Gasteiger partial charge in [-0.3, -0.25) is 4.79 Å². The quantitative estimate of drug-likeness (QED) is 0.498. The lowest BCUT2D eigenvalue weighted by molar-refractivity contribution is 0.0147. The van der Waals surface area contributed by atoms with Crippen LogP contribution in [0.4, 0.5) is 0 Å². The second-order valence-electron chi connectivity index (χ2n) is 6.64. The van der Waals surface area contributed by atoms with Crippen molar-refractivity contribution < 1.29 is 13.9 Å². The number of para-hydroxylation sites is 1. The Morgan fingerprint density at radius 1 is 1.25 bits per heavy atom. The van der Waals surface area contributed by atoms with Gasteiger partial charge < -0.3 is 14.1 Å². The van der Waals surface area contributed by atoms with Gasteiger partial charge in [0.2, 0.25) is 5.88 Å². The second kappa shape index (κ2) is 6.15. The van der Waals surface area contributed by atoms with E-state index in [1.54, 1.807) is 35.2 Å². The molecule has 1 aromatic carbocycles. The molecular formula is C19H15N5O4. The highest BCUT2D eigenvalue weighted by Gasteiger charge is 2.35. The molecule has 4 aromatic rings. The number of aryl methyl sites for hydroxylation is 1. The second-order valence-corrected chi connectivity index (χ2v) is 6.64. The predicted molar refractivity (Wildman–Crippen MR) is 98.3 cm³/mol. The number of carbonyl (C=O) groups excluding carboxylic acids is 1. The number of benzene rings is 1. The zero-order chi connectivity index (χ0) is 19.3. The fourth-order valence-corrected chi connectivity index (χ4v) is 3.21. The maximum absolute atomic E-state index is 12.7. The lowest BCUT2D eigenvalue weighted by Gasteiger charge is -2.38. The fourth-order valence-electron chi connectivity index (χ4n) is 3.21. The van der Waals surface area contributed by atoms with E-state index in [1.165, 1.54) is 10.8 Å². The van der Waals surface area contributed by atoms with Crippen molar-refractivity contribution >= 4 is 22.7 Å². The molecule has 0 aliphatic carbocycles. The predicted octanol–water partition coefficient (Wildman–Crippen LogP) is 1.44. The summed E-state index contributed by atoms with van der Waals surface area (Å²) in [7, 11) is 0. The Balaban J connectivity index is 1.33. The molecule has 0 saturated carbocycles. The smallest absolute Gasteiger partial charge is 0.349 e. The zero-order valence-corrected chi connectivity index (χ0v) is 14.9. The van der Waals surface area contributed by atoms with Crippen LogP contribution in [0.1, 0.15) is 16.1 Å². The van der Waals surface area contributed by atoms with Crippen molar-refractivity contribution in [1.82, 2.24) is 24.5 Å². The zero-order valence-electron chi connectivity index (χ0n) is 14.9. The lowest BCUT2D eigenvalue weighted by Crippen LogP contribution is -2.56. The summed E-state index contributed by atoms with van der Waals surface area (Å²) < 4.78 is 12.7. The molecule has 9 nitrogen and oxygen atoms in total. The molecule has 5 rings (SSSR count). The molecule has 0 unspecified atom stereocenters. The summed E-state index contributed by atoms with van der Waals surface area (Å²) in [5.74, 6) is 0.606. The van der Waals surface area contributed by atoms with Crippen molar-refractivity contribution in [3.8, 4) is 5.88 Å². The summed E-state index contributed by atoms with van der Waals surface area (Å²) in [4.78, 5) is 34.7. The van der Waals surface area contributed by atoms with Crippen LogP contribution >= 0.6 is 0 Å². The van der Waals surface area contributed by atoms with E-state index in [1.807, 2.05) is 13.0 Å². The third-order valence-corrected chi connectivity index (χ3v) is 4.64. The topological polar surface area (TPSA) is 103 Å². The average Bonchev–Trinajstić information content (AvgIpc) is 3.11. The fraction of sp³-hybridized carbons (Fsp3) is 0.211.